The van der Waals surface area contributed by atoms with Gasteiger partial charge >= 0.3 is 0 Å². The summed E-state index contributed by atoms with van der Waals surface area (Å²) in [6.45, 7) is 2.28. The SMILES string of the molecule is CN1CCOC(c2noc(-c3ccc(O)c(Cl)c3)n2)C1. The van der Waals surface area contributed by atoms with E-state index >= 15 is 0 Å². The van der Waals surface area contributed by atoms with Crippen molar-refractivity contribution in [1.29, 1.82) is 0 Å². The lowest BCUT2D eigenvalue weighted by atomic mass is 10.2. The second kappa shape index (κ2) is 5.40. The maximum atomic E-state index is 9.40. The fourth-order valence-electron chi connectivity index (χ4n) is 2.06. The Balaban J connectivity index is 1.84. The smallest absolute Gasteiger partial charge is 0.258 e. The number of aromatic hydroxyl groups is 1. The molecule has 1 fully saturated rings. The Morgan fingerprint density at radius 2 is 2.30 bits per heavy atom. The molecule has 0 radical (unpaired) electrons. The molecule has 3 rings (SSSR count). The minimum atomic E-state index is -0.182. The van der Waals surface area contributed by atoms with Crippen LogP contribution in [0.4, 0.5) is 0 Å². The fraction of sp³-hybridized carbons (Fsp3) is 0.385. The van der Waals surface area contributed by atoms with Crippen molar-refractivity contribution in [3.8, 4) is 17.2 Å². The Morgan fingerprint density at radius 1 is 1.45 bits per heavy atom. The van der Waals surface area contributed by atoms with Gasteiger partial charge in [-0.15, -0.1) is 0 Å². The zero-order valence-electron chi connectivity index (χ0n) is 10.9. The molecule has 1 aromatic heterocycles. The summed E-state index contributed by atoms with van der Waals surface area (Å²) in [4.78, 5) is 6.49. The quantitative estimate of drug-likeness (QED) is 0.915. The number of ether oxygens (including phenoxy) is 1. The molecule has 1 atom stereocenters. The molecule has 1 aliphatic heterocycles. The molecular formula is C13H14ClN3O3. The molecule has 1 saturated heterocycles. The molecule has 0 spiro atoms. The molecule has 20 heavy (non-hydrogen) atoms. The highest BCUT2D eigenvalue weighted by Crippen LogP contribution is 2.29. The Morgan fingerprint density at radius 3 is 3.05 bits per heavy atom. The van der Waals surface area contributed by atoms with Crippen LogP contribution in [0.15, 0.2) is 22.7 Å². The van der Waals surface area contributed by atoms with Crippen molar-refractivity contribution in [3.05, 3.63) is 29.0 Å². The van der Waals surface area contributed by atoms with Crippen LogP contribution in [0.5, 0.6) is 5.75 Å². The Kier molecular flexibility index (Phi) is 3.60. The van der Waals surface area contributed by atoms with Crippen LogP contribution in [0.3, 0.4) is 0 Å². The topological polar surface area (TPSA) is 71.6 Å². The number of morpholine rings is 1. The number of hydrogen-bond acceptors (Lipinski definition) is 6. The normalized spacial score (nSPS) is 20.2. The largest absolute Gasteiger partial charge is 0.506 e. The van der Waals surface area contributed by atoms with Crippen LogP contribution in [-0.4, -0.2) is 46.9 Å². The van der Waals surface area contributed by atoms with E-state index < -0.39 is 0 Å². The van der Waals surface area contributed by atoms with Gasteiger partial charge in [0.15, 0.2) is 0 Å². The van der Waals surface area contributed by atoms with Gasteiger partial charge in [0.1, 0.15) is 11.9 Å². The average Bonchev–Trinajstić information content (AvgIpc) is 2.92. The van der Waals surface area contributed by atoms with Gasteiger partial charge < -0.3 is 19.3 Å². The maximum absolute atomic E-state index is 9.40. The summed E-state index contributed by atoms with van der Waals surface area (Å²) in [5.41, 5.74) is 0.663. The molecule has 0 aliphatic carbocycles. The first-order chi connectivity index (χ1) is 9.63. The molecule has 2 aromatic rings. The van der Waals surface area contributed by atoms with Gasteiger partial charge in [0, 0.05) is 18.7 Å². The summed E-state index contributed by atoms with van der Waals surface area (Å²) >= 11 is 5.87. The van der Waals surface area contributed by atoms with Crippen LogP contribution in [-0.2, 0) is 4.74 Å². The average molecular weight is 296 g/mol. The number of aromatic nitrogens is 2. The number of phenolic OH excluding ortho intramolecular Hbond substituents is 1. The predicted molar refractivity (Wildman–Crippen MR) is 72.6 cm³/mol. The number of benzene rings is 1. The number of phenols is 1. The van der Waals surface area contributed by atoms with Crippen LogP contribution < -0.4 is 0 Å². The van der Waals surface area contributed by atoms with E-state index in [1.165, 1.54) is 6.07 Å². The van der Waals surface area contributed by atoms with Crippen LogP contribution in [0.2, 0.25) is 5.02 Å². The van der Waals surface area contributed by atoms with Gasteiger partial charge in [-0.3, -0.25) is 0 Å². The van der Waals surface area contributed by atoms with Crippen LogP contribution in [0.1, 0.15) is 11.9 Å². The number of rotatable bonds is 2. The molecular weight excluding hydrogens is 282 g/mol. The number of hydrogen-bond donors (Lipinski definition) is 1. The van der Waals surface area contributed by atoms with Crippen molar-refractivity contribution in [2.45, 2.75) is 6.10 Å². The van der Waals surface area contributed by atoms with Gasteiger partial charge in [-0.2, -0.15) is 4.98 Å². The second-order valence-electron chi connectivity index (χ2n) is 4.75. The van der Waals surface area contributed by atoms with Crippen LogP contribution >= 0.6 is 11.6 Å². The molecule has 7 heteroatoms. The summed E-state index contributed by atoms with van der Waals surface area (Å²) < 4.78 is 10.9. The van der Waals surface area contributed by atoms with E-state index in [4.69, 9.17) is 20.9 Å². The minimum Gasteiger partial charge on any atom is -0.506 e. The van der Waals surface area contributed by atoms with Gasteiger partial charge in [-0.05, 0) is 25.2 Å². The summed E-state index contributed by atoms with van der Waals surface area (Å²) in [7, 11) is 2.02. The second-order valence-corrected chi connectivity index (χ2v) is 5.15. The highest BCUT2D eigenvalue weighted by Gasteiger charge is 2.24. The molecule has 1 aliphatic rings. The van der Waals surface area contributed by atoms with Gasteiger partial charge in [-0.25, -0.2) is 0 Å². The van der Waals surface area contributed by atoms with E-state index in [9.17, 15) is 5.11 Å². The molecule has 1 unspecified atom stereocenters. The molecule has 6 nitrogen and oxygen atoms in total. The third-order valence-corrected chi connectivity index (χ3v) is 3.50. The first-order valence-corrected chi connectivity index (χ1v) is 6.64. The van der Waals surface area contributed by atoms with Crippen molar-refractivity contribution in [3.63, 3.8) is 0 Å². The molecule has 106 valence electrons. The van der Waals surface area contributed by atoms with E-state index in [1.54, 1.807) is 12.1 Å². The number of likely N-dealkylation sites (N-methyl/N-ethyl adjacent to an activating group) is 1. The van der Waals surface area contributed by atoms with E-state index in [2.05, 4.69) is 15.0 Å². The molecule has 0 amide bonds. The molecule has 1 aromatic carbocycles. The van der Waals surface area contributed by atoms with Gasteiger partial charge in [0.2, 0.25) is 5.82 Å². The number of nitrogens with zero attached hydrogens (tertiary/aromatic N) is 3. The van der Waals surface area contributed by atoms with Crippen molar-refractivity contribution in [2.24, 2.45) is 0 Å². The van der Waals surface area contributed by atoms with Crippen molar-refractivity contribution < 1.29 is 14.4 Å². The van der Waals surface area contributed by atoms with E-state index in [1.807, 2.05) is 7.05 Å². The first-order valence-electron chi connectivity index (χ1n) is 6.26. The lowest BCUT2D eigenvalue weighted by Gasteiger charge is -2.27. The minimum absolute atomic E-state index is 0.0207. The first kappa shape index (κ1) is 13.4. The third kappa shape index (κ3) is 2.63. The maximum Gasteiger partial charge on any atom is 0.258 e. The number of halogens is 1. The van der Waals surface area contributed by atoms with Gasteiger partial charge in [-0.1, -0.05) is 16.8 Å². The fourth-order valence-corrected chi connectivity index (χ4v) is 2.24. The monoisotopic (exact) mass is 295 g/mol. The highest BCUT2D eigenvalue weighted by atomic mass is 35.5. The summed E-state index contributed by atoms with van der Waals surface area (Å²) in [5, 5.41) is 13.6. The van der Waals surface area contributed by atoms with Crippen molar-refractivity contribution >= 4 is 11.6 Å². The summed E-state index contributed by atoms with van der Waals surface area (Å²) in [6.07, 6.45) is -0.182. The van der Waals surface area contributed by atoms with E-state index in [0.717, 1.165) is 13.1 Å². The zero-order chi connectivity index (χ0) is 14.1. The van der Waals surface area contributed by atoms with Crippen LogP contribution in [0, 0.1) is 0 Å². The van der Waals surface area contributed by atoms with Crippen molar-refractivity contribution in [1.82, 2.24) is 15.0 Å². The summed E-state index contributed by atoms with van der Waals surface area (Å²) in [5.74, 6) is 0.905. The Hall–Kier alpha value is -1.63. The zero-order valence-corrected chi connectivity index (χ0v) is 11.7. The van der Waals surface area contributed by atoms with Gasteiger partial charge in [0.25, 0.3) is 5.89 Å². The standard InChI is InChI=1S/C13H14ClN3O3/c1-17-4-5-19-11(7-17)12-15-13(20-16-12)8-2-3-10(18)9(14)6-8/h2-3,6,11,18H,4-5,7H2,1H3. The lowest BCUT2D eigenvalue weighted by molar-refractivity contribution is -0.0264. The molecule has 0 bridgehead atoms. The Bertz CT molecular complexity index is 617. The van der Waals surface area contributed by atoms with E-state index in [0.29, 0.717) is 23.9 Å². The van der Waals surface area contributed by atoms with Gasteiger partial charge in [0.05, 0.1) is 11.6 Å². The van der Waals surface area contributed by atoms with Crippen LogP contribution in [0.25, 0.3) is 11.5 Å². The summed E-state index contributed by atoms with van der Waals surface area (Å²) in [6, 6.07) is 4.75. The van der Waals surface area contributed by atoms with E-state index in [-0.39, 0.29) is 16.9 Å². The lowest BCUT2D eigenvalue weighted by Crippen LogP contribution is -2.35. The van der Waals surface area contributed by atoms with Crippen molar-refractivity contribution in [2.75, 3.05) is 26.7 Å². The molecule has 2 heterocycles. The molecule has 1 N–H and O–H groups in total. The highest BCUT2D eigenvalue weighted by molar-refractivity contribution is 6.32. The molecule has 0 saturated carbocycles. The Labute approximate surface area is 120 Å². The third-order valence-electron chi connectivity index (χ3n) is 3.19. The predicted octanol–water partition coefficient (Wildman–Crippen LogP) is 2.10.